The van der Waals surface area contributed by atoms with E-state index in [0.717, 1.165) is 50.2 Å². The van der Waals surface area contributed by atoms with Crippen molar-refractivity contribution in [1.82, 2.24) is 0 Å². The molecule has 2 N–H and O–H groups in total. The van der Waals surface area contributed by atoms with Crippen molar-refractivity contribution in [3.63, 3.8) is 0 Å². The van der Waals surface area contributed by atoms with Crippen LogP contribution in [0.1, 0.15) is 61.1 Å². The van der Waals surface area contributed by atoms with Crippen molar-refractivity contribution in [2.24, 2.45) is 10.9 Å². The van der Waals surface area contributed by atoms with E-state index in [0.29, 0.717) is 5.92 Å². The van der Waals surface area contributed by atoms with Gasteiger partial charge < -0.3 is 14.9 Å². The lowest BCUT2D eigenvalue weighted by atomic mass is 9.86. The van der Waals surface area contributed by atoms with Crippen LogP contribution in [0.5, 0.6) is 0 Å². The molecule has 0 amide bonds. The summed E-state index contributed by atoms with van der Waals surface area (Å²) in [6.07, 6.45) is 2.14. The van der Waals surface area contributed by atoms with Crippen LogP contribution < -0.4 is 0 Å². The van der Waals surface area contributed by atoms with Gasteiger partial charge in [0.25, 0.3) is 0 Å². The van der Waals surface area contributed by atoms with E-state index in [9.17, 15) is 10.2 Å². The maximum atomic E-state index is 11.5. The molecule has 32 heavy (non-hydrogen) atoms. The van der Waals surface area contributed by atoms with Crippen molar-refractivity contribution in [3.05, 3.63) is 87.0 Å². The average Bonchev–Trinajstić information content (AvgIpc) is 3.03. The van der Waals surface area contributed by atoms with Crippen LogP contribution >= 0.6 is 0 Å². The largest absolute Gasteiger partial charge is 0.392 e. The Balaban J connectivity index is 2.28. The monoisotopic (exact) mass is 433 g/mol. The first-order chi connectivity index (χ1) is 15.1. The van der Waals surface area contributed by atoms with Crippen LogP contribution in [0.15, 0.2) is 58.6 Å². The second-order valence-corrected chi connectivity index (χ2v) is 9.11. The zero-order valence-electron chi connectivity index (χ0n) is 20.3. The van der Waals surface area contributed by atoms with E-state index in [1.165, 1.54) is 5.57 Å². The molecule has 1 aliphatic rings. The van der Waals surface area contributed by atoms with Gasteiger partial charge in [-0.05, 0) is 73.6 Å². The van der Waals surface area contributed by atoms with Gasteiger partial charge in [0.05, 0.1) is 12.3 Å². The molecule has 0 radical (unpaired) electrons. The molecule has 4 nitrogen and oxygen atoms in total. The molecule has 0 unspecified atom stereocenters. The number of benzene rings is 2. The molecule has 1 aliphatic heterocycles. The average molecular weight is 434 g/mol. The van der Waals surface area contributed by atoms with Crippen LogP contribution in [0.4, 0.5) is 0 Å². The number of aryl methyl sites for hydroxylation is 2. The van der Waals surface area contributed by atoms with Gasteiger partial charge in [0.1, 0.15) is 6.61 Å². The van der Waals surface area contributed by atoms with Gasteiger partial charge in [0.15, 0.2) is 0 Å². The Bertz CT molecular complexity index is 1110. The van der Waals surface area contributed by atoms with Crippen LogP contribution in [0.3, 0.4) is 0 Å². The van der Waals surface area contributed by atoms with Gasteiger partial charge in [-0.2, -0.15) is 0 Å². The minimum absolute atomic E-state index is 0.0146. The van der Waals surface area contributed by atoms with E-state index in [-0.39, 0.29) is 13.2 Å². The first-order valence-electron chi connectivity index (χ1n) is 11.1. The highest BCUT2D eigenvalue weighted by Crippen LogP contribution is 2.40. The lowest BCUT2D eigenvalue weighted by Gasteiger charge is -2.22. The smallest absolute Gasteiger partial charge is 0.207 e. The molecule has 0 fully saturated rings. The lowest BCUT2D eigenvalue weighted by molar-refractivity contribution is -0.0264. The summed E-state index contributed by atoms with van der Waals surface area (Å²) >= 11 is 0. The first kappa shape index (κ1) is 24.1. The van der Waals surface area contributed by atoms with Crippen LogP contribution in [-0.2, 0) is 17.1 Å². The number of rotatable bonds is 7. The van der Waals surface area contributed by atoms with Crippen molar-refractivity contribution in [2.75, 3.05) is 13.7 Å². The van der Waals surface area contributed by atoms with Crippen LogP contribution in [-0.4, -0.2) is 29.6 Å². The Morgan fingerprint density at radius 3 is 2.47 bits per heavy atom. The number of hydrogen-bond acceptors (Lipinski definition) is 4. The van der Waals surface area contributed by atoms with Crippen LogP contribution in [0.25, 0.3) is 5.57 Å². The number of allylic oxidation sites excluding steroid dienone is 4. The van der Waals surface area contributed by atoms with Crippen molar-refractivity contribution in [1.29, 1.82) is 0 Å². The van der Waals surface area contributed by atoms with E-state index >= 15 is 0 Å². The quantitative estimate of drug-likeness (QED) is 0.570. The van der Waals surface area contributed by atoms with Crippen molar-refractivity contribution in [2.45, 2.75) is 53.9 Å². The van der Waals surface area contributed by atoms with Gasteiger partial charge in [-0.3, -0.25) is 0 Å². The molecule has 0 aliphatic carbocycles. The SMILES string of the molecule is COC[C@]1(O)N=C(C(/C=C(\C)c2ccccc2CO)=C(/C)C(C)C)c2cc(C)cc(C)c21. The maximum absolute atomic E-state index is 11.5. The van der Waals surface area contributed by atoms with E-state index in [1.807, 2.05) is 31.2 Å². The highest BCUT2D eigenvalue weighted by atomic mass is 16.5. The number of aliphatic hydroxyl groups is 2. The van der Waals surface area contributed by atoms with Crippen molar-refractivity contribution < 1.29 is 14.9 Å². The van der Waals surface area contributed by atoms with Gasteiger partial charge in [0, 0.05) is 18.2 Å². The Kier molecular flexibility index (Phi) is 7.19. The summed E-state index contributed by atoms with van der Waals surface area (Å²) in [6.45, 7) is 12.7. The van der Waals surface area contributed by atoms with E-state index in [4.69, 9.17) is 9.73 Å². The summed E-state index contributed by atoms with van der Waals surface area (Å²) in [7, 11) is 1.58. The highest BCUT2D eigenvalue weighted by Gasteiger charge is 2.40. The summed E-state index contributed by atoms with van der Waals surface area (Å²) in [5, 5.41) is 21.3. The number of methoxy groups -OCH3 is 1. The predicted octanol–water partition coefficient (Wildman–Crippen LogP) is 5.47. The molecule has 3 rings (SSSR count). The van der Waals surface area contributed by atoms with Crippen LogP contribution in [0, 0.1) is 19.8 Å². The van der Waals surface area contributed by atoms with Gasteiger partial charge in [-0.1, -0.05) is 55.3 Å². The minimum Gasteiger partial charge on any atom is -0.392 e. The Morgan fingerprint density at radius 2 is 1.84 bits per heavy atom. The maximum Gasteiger partial charge on any atom is 0.207 e. The van der Waals surface area contributed by atoms with E-state index in [1.54, 1.807) is 7.11 Å². The van der Waals surface area contributed by atoms with E-state index in [2.05, 4.69) is 52.8 Å². The Morgan fingerprint density at radius 1 is 1.16 bits per heavy atom. The number of hydrogen-bond donors (Lipinski definition) is 2. The van der Waals surface area contributed by atoms with Gasteiger partial charge in [-0.15, -0.1) is 0 Å². The molecular formula is C28H35NO3. The number of ether oxygens (including phenoxy) is 1. The standard InChI is InChI=1S/C28H35NO3/c1-17(2)21(6)24(14-19(4)23-11-9-8-10-22(23)15-30)27-25-13-18(3)12-20(5)26(25)28(31,29-27)16-32-7/h8-14,17,30-31H,15-16H2,1-7H3/b19-14+,24-21-/t28-/m1/s1. The Hall–Kier alpha value is -2.53. The van der Waals surface area contributed by atoms with Gasteiger partial charge in [0.2, 0.25) is 5.72 Å². The third-order valence-electron chi connectivity index (χ3n) is 6.30. The molecule has 1 heterocycles. The predicted molar refractivity (Wildman–Crippen MR) is 132 cm³/mol. The van der Waals surface area contributed by atoms with Gasteiger partial charge >= 0.3 is 0 Å². The number of aliphatic hydroxyl groups excluding tert-OH is 1. The summed E-state index contributed by atoms with van der Waals surface area (Å²) in [5.41, 5.74) is 8.42. The number of nitrogens with zero attached hydrogens (tertiary/aromatic N) is 1. The lowest BCUT2D eigenvalue weighted by Crippen LogP contribution is -2.28. The number of fused-ring (bicyclic) bond motifs is 1. The summed E-state index contributed by atoms with van der Waals surface area (Å²) < 4.78 is 5.37. The molecule has 2 aromatic rings. The normalized spacial score (nSPS) is 19.2. The fraction of sp³-hybridized carbons (Fsp3) is 0.393. The molecule has 0 saturated carbocycles. The summed E-state index contributed by atoms with van der Waals surface area (Å²) in [4.78, 5) is 4.87. The van der Waals surface area contributed by atoms with E-state index < -0.39 is 5.72 Å². The zero-order valence-corrected chi connectivity index (χ0v) is 20.3. The minimum atomic E-state index is -1.41. The van der Waals surface area contributed by atoms with Crippen molar-refractivity contribution >= 4 is 11.3 Å². The first-order valence-corrected chi connectivity index (χ1v) is 11.1. The molecule has 2 aromatic carbocycles. The molecule has 0 spiro atoms. The van der Waals surface area contributed by atoms with Gasteiger partial charge in [-0.25, -0.2) is 4.99 Å². The molecule has 4 heteroatoms. The molecule has 0 saturated heterocycles. The molecule has 1 atom stereocenters. The molecule has 0 bridgehead atoms. The molecule has 0 aromatic heterocycles. The number of aliphatic imine (C=N–C) groups is 1. The Labute approximate surface area is 192 Å². The second kappa shape index (κ2) is 9.53. The fourth-order valence-corrected chi connectivity index (χ4v) is 4.52. The fourth-order valence-electron chi connectivity index (χ4n) is 4.52. The van der Waals surface area contributed by atoms with Crippen molar-refractivity contribution in [3.8, 4) is 0 Å². The zero-order chi connectivity index (χ0) is 23.6. The summed E-state index contributed by atoms with van der Waals surface area (Å²) in [6, 6.07) is 12.1. The van der Waals surface area contributed by atoms with Crippen LogP contribution in [0.2, 0.25) is 0 Å². The molecule has 170 valence electrons. The summed E-state index contributed by atoms with van der Waals surface area (Å²) in [5.74, 6) is 0.301. The molecular weight excluding hydrogens is 398 g/mol. The highest BCUT2D eigenvalue weighted by molar-refractivity contribution is 6.18. The third kappa shape index (κ3) is 4.49. The topological polar surface area (TPSA) is 62.0 Å². The second-order valence-electron chi connectivity index (χ2n) is 9.11. The third-order valence-corrected chi connectivity index (χ3v) is 6.30.